The highest BCUT2D eigenvalue weighted by Gasteiger charge is 2.27. The molecule has 2 rings (SSSR count). The van der Waals surface area contributed by atoms with Gasteiger partial charge in [-0.2, -0.15) is 0 Å². The molecular formula is C13H17NO4S. The Labute approximate surface area is 112 Å². The van der Waals surface area contributed by atoms with Crippen LogP contribution in [0.3, 0.4) is 0 Å². The van der Waals surface area contributed by atoms with Crippen molar-refractivity contribution in [3.05, 3.63) is 24.3 Å². The highest BCUT2D eigenvalue weighted by Crippen LogP contribution is 2.33. The van der Waals surface area contributed by atoms with E-state index in [1.807, 2.05) is 0 Å². The van der Waals surface area contributed by atoms with E-state index in [0.29, 0.717) is 18.2 Å². The number of rotatable bonds is 6. The van der Waals surface area contributed by atoms with Crippen LogP contribution in [0.1, 0.15) is 12.8 Å². The van der Waals surface area contributed by atoms with Crippen LogP contribution in [0.5, 0.6) is 0 Å². The first-order chi connectivity index (χ1) is 8.88. The van der Waals surface area contributed by atoms with Crippen molar-refractivity contribution < 1.29 is 18.3 Å². The van der Waals surface area contributed by atoms with Gasteiger partial charge in [-0.3, -0.25) is 4.79 Å². The van der Waals surface area contributed by atoms with Gasteiger partial charge in [0.05, 0.1) is 10.6 Å². The molecule has 6 heteroatoms. The van der Waals surface area contributed by atoms with Gasteiger partial charge in [0.2, 0.25) is 0 Å². The van der Waals surface area contributed by atoms with Crippen molar-refractivity contribution in [3.8, 4) is 0 Å². The maximum Gasteiger partial charge on any atom is 0.323 e. The maximum atomic E-state index is 11.8. The van der Waals surface area contributed by atoms with Gasteiger partial charge in [0.15, 0.2) is 9.84 Å². The average molecular weight is 283 g/mol. The fraction of sp³-hybridized carbons (Fsp3) is 0.462. The standard InChI is InChI=1S/C13H17NO4S/c1-19(17,18)12-5-3-2-4-11(12)14(9-13(15)16)8-10-6-7-10/h2-5,10H,6-9H2,1H3,(H,15,16). The molecule has 0 aliphatic heterocycles. The summed E-state index contributed by atoms with van der Waals surface area (Å²) in [5.74, 6) is -0.476. The lowest BCUT2D eigenvalue weighted by atomic mass is 10.2. The molecular weight excluding hydrogens is 266 g/mol. The third kappa shape index (κ3) is 3.70. The molecule has 0 amide bonds. The van der Waals surface area contributed by atoms with Crippen LogP contribution in [0.2, 0.25) is 0 Å². The number of para-hydroxylation sites is 1. The molecule has 19 heavy (non-hydrogen) atoms. The smallest absolute Gasteiger partial charge is 0.323 e. The summed E-state index contributed by atoms with van der Waals surface area (Å²) in [6.07, 6.45) is 3.30. The lowest BCUT2D eigenvalue weighted by Gasteiger charge is -2.24. The first-order valence-electron chi connectivity index (χ1n) is 6.14. The minimum atomic E-state index is -3.36. The fourth-order valence-electron chi connectivity index (χ4n) is 2.06. The highest BCUT2D eigenvalue weighted by atomic mass is 32.2. The van der Waals surface area contributed by atoms with Crippen LogP contribution in [0.25, 0.3) is 0 Å². The largest absolute Gasteiger partial charge is 0.480 e. The lowest BCUT2D eigenvalue weighted by molar-refractivity contribution is -0.135. The molecule has 1 N–H and O–H groups in total. The second kappa shape index (κ2) is 5.21. The molecule has 0 aromatic heterocycles. The van der Waals surface area contributed by atoms with Gasteiger partial charge in [-0.05, 0) is 30.9 Å². The normalized spacial score (nSPS) is 15.2. The summed E-state index contributed by atoms with van der Waals surface area (Å²) in [5, 5.41) is 8.98. The topological polar surface area (TPSA) is 74.7 Å². The van der Waals surface area contributed by atoms with E-state index < -0.39 is 15.8 Å². The molecule has 1 fully saturated rings. The second-order valence-electron chi connectivity index (χ2n) is 4.96. The SMILES string of the molecule is CS(=O)(=O)c1ccccc1N(CC(=O)O)CC1CC1. The summed E-state index contributed by atoms with van der Waals surface area (Å²) in [7, 11) is -3.36. The number of nitrogens with zero attached hydrogens (tertiary/aromatic N) is 1. The quantitative estimate of drug-likeness (QED) is 0.854. The number of carboxylic acid groups (broad SMARTS) is 1. The number of anilines is 1. The van der Waals surface area contributed by atoms with Gasteiger partial charge in [0.25, 0.3) is 0 Å². The molecule has 1 saturated carbocycles. The van der Waals surface area contributed by atoms with Crippen LogP contribution in [0.15, 0.2) is 29.2 Å². The number of aliphatic carboxylic acids is 1. The molecule has 0 heterocycles. The van der Waals surface area contributed by atoms with E-state index in [-0.39, 0.29) is 11.4 Å². The number of carbonyl (C=O) groups is 1. The van der Waals surface area contributed by atoms with Gasteiger partial charge in [0, 0.05) is 12.8 Å². The first kappa shape index (κ1) is 13.9. The first-order valence-corrected chi connectivity index (χ1v) is 8.03. The summed E-state index contributed by atoms with van der Waals surface area (Å²) < 4.78 is 23.5. The van der Waals surface area contributed by atoms with Gasteiger partial charge in [-0.1, -0.05) is 12.1 Å². The summed E-state index contributed by atoms with van der Waals surface area (Å²) in [5.41, 5.74) is 0.485. The van der Waals surface area contributed by atoms with Crippen molar-refractivity contribution in [3.63, 3.8) is 0 Å². The number of carboxylic acids is 1. The number of hydrogen-bond acceptors (Lipinski definition) is 4. The predicted molar refractivity (Wildman–Crippen MR) is 72.1 cm³/mol. The minimum Gasteiger partial charge on any atom is -0.480 e. The molecule has 1 aromatic carbocycles. The van der Waals surface area contributed by atoms with Crippen molar-refractivity contribution in [1.82, 2.24) is 0 Å². The zero-order valence-electron chi connectivity index (χ0n) is 10.7. The van der Waals surface area contributed by atoms with Gasteiger partial charge in [-0.15, -0.1) is 0 Å². The second-order valence-corrected chi connectivity index (χ2v) is 6.94. The van der Waals surface area contributed by atoms with E-state index in [1.165, 1.54) is 6.07 Å². The van der Waals surface area contributed by atoms with Crippen molar-refractivity contribution in [1.29, 1.82) is 0 Å². The van der Waals surface area contributed by atoms with Crippen molar-refractivity contribution in [2.75, 3.05) is 24.2 Å². The molecule has 1 aromatic rings. The predicted octanol–water partition coefficient (Wildman–Crippen LogP) is 1.39. The van der Waals surface area contributed by atoms with E-state index in [9.17, 15) is 13.2 Å². The van der Waals surface area contributed by atoms with Crippen molar-refractivity contribution in [2.24, 2.45) is 5.92 Å². The molecule has 0 spiro atoms. The molecule has 1 aliphatic rings. The van der Waals surface area contributed by atoms with Crippen LogP contribution in [0.4, 0.5) is 5.69 Å². The Bertz CT molecular complexity index is 578. The Morgan fingerprint density at radius 1 is 1.37 bits per heavy atom. The third-order valence-corrected chi connectivity index (χ3v) is 4.25. The molecule has 0 bridgehead atoms. The average Bonchev–Trinajstić information content (AvgIpc) is 3.10. The monoisotopic (exact) mass is 283 g/mol. The van der Waals surface area contributed by atoms with Crippen LogP contribution >= 0.6 is 0 Å². The molecule has 0 atom stereocenters. The minimum absolute atomic E-state index is 0.178. The summed E-state index contributed by atoms with van der Waals surface area (Å²) in [6.45, 7) is 0.419. The number of sulfone groups is 1. The van der Waals surface area contributed by atoms with E-state index >= 15 is 0 Å². The lowest BCUT2D eigenvalue weighted by Crippen LogP contribution is -2.32. The number of hydrogen-bond donors (Lipinski definition) is 1. The van der Waals surface area contributed by atoms with Gasteiger partial charge in [-0.25, -0.2) is 8.42 Å². The van der Waals surface area contributed by atoms with Crippen LogP contribution in [-0.2, 0) is 14.6 Å². The molecule has 5 nitrogen and oxygen atoms in total. The van der Waals surface area contributed by atoms with Gasteiger partial charge < -0.3 is 10.0 Å². The zero-order chi connectivity index (χ0) is 14.0. The van der Waals surface area contributed by atoms with Crippen LogP contribution < -0.4 is 4.90 Å². The Hall–Kier alpha value is -1.56. The van der Waals surface area contributed by atoms with Gasteiger partial charge >= 0.3 is 5.97 Å². The van der Waals surface area contributed by atoms with Crippen molar-refractivity contribution >= 4 is 21.5 Å². The van der Waals surface area contributed by atoms with E-state index in [1.54, 1.807) is 23.1 Å². The molecule has 0 unspecified atom stereocenters. The maximum absolute atomic E-state index is 11.8. The molecule has 1 aliphatic carbocycles. The van der Waals surface area contributed by atoms with E-state index in [2.05, 4.69) is 0 Å². The van der Waals surface area contributed by atoms with Crippen LogP contribution in [-0.4, -0.2) is 38.8 Å². The van der Waals surface area contributed by atoms with E-state index in [0.717, 1.165) is 19.1 Å². The number of benzene rings is 1. The van der Waals surface area contributed by atoms with E-state index in [4.69, 9.17) is 5.11 Å². The molecule has 104 valence electrons. The summed E-state index contributed by atoms with van der Waals surface area (Å²) in [4.78, 5) is 12.8. The fourth-order valence-corrected chi connectivity index (χ4v) is 2.96. The third-order valence-electron chi connectivity index (χ3n) is 3.11. The molecule has 0 radical (unpaired) electrons. The summed E-state index contributed by atoms with van der Waals surface area (Å²) in [6, 6.07) is 6.57. The van der Waals surface area contributed by atoms with Crippen LogP contribution in [0, 0.1) is 5.92 Å². The highest BCUT2D eigenvalue weighted by molar-refractivity contribution is 7.90. The Balaban J connectivity index is 2.37. The van der Waals surface area contributed by atoms with Gasteiger partial charge in [0.1, 0.15) is 6.54 Å². The van der Waals surface area contributed by atoms with Crippen molar-refractivity contribution in [2.45, 2.75) is 17.7 Å². The zero-order valence-corrected chi connectivity index (χ0v) is 11.6. The Morgan fingerprint density at radius 2 is 2.00 bits per heavy atom. The summed E-state index contributed by atoms with van der Waals surface area (Å²) >= 11 is 0. The molecule has 0 saturated heterocycles. The Morgan fingerprint density at radius 3 is 2.53 bits per heavy atom. The Kier molecular flexibility index (Phi) is 3.80.